The maximum absolute atomic E-state index is 12.2. The number of amides is 1. The highest BCUT2D eigenvalue weighted by atomic mass is 79.9. The zero-order chi connectivity index (χ0) is 17.5. The molecule has 24 heavy (non-hydrogen) atoms. The number of carbonyl (C=O) groups is 1. The molecule has 2 rings (SSSR count). The van der Waals surface area contributed by atoms with Gasteiger partial charge in [-0.05, 0) is 36.6 Å². The molecule has 1 N–H and O–H groups in total. The monoisotopic (exact) mass is 394 g/mol. The van der Waals surface area contributed by atoms with Gasteiger partial charge in [0.25, 0.3) is 5.91 Å². The Morgan fingerprint density at radius 2 is 2.17 bits per heavy atom. The number of benzene rings is 1. The average Bonchev–Trinajstić information content (AvgIpc) is 3.11. The number of nitrogens with one attached hydrogen (secondary N) is 1. The van der Waals surface area contributed by atoms with E-state index in [2.05, 4.69) is 21.2 Å². The van der Waals surface area contributed by atoms with Crippen molar-refractivity contribution in [1.29, 1.82) is 5.26 Å². The first kappa shape index (κ1) is 18.3. The standard InChI is InChI=1S/C17H19BrN2O4/c1-22-15-7-11(14(18)8-16(15)23-2)6-12(9-19)17(21)20-10-13-4-3-5-24-13/h6-8,13H,3-5,10H2,1-2H3,(H,20,21)/b12-6-/t13-/m1/s1. The lowest BCUT2D eigenvalue weighted by Gasteiger charge is -2.11. The van der Waals surface area contributed by atoms with E-state index in [9.17, 15) is 10.1 Å². The molecule has 0 unspecified atom stereocenters. The number of halogens is 1. The van der Waals surface area contributed by atoms with Crippen molar-refractivity contribution in [2.45, 2.75) is 18.9 Å². The molecule has 1 aliphatic rings. The van der Waals surface area contributed by atoms with Gasteiger partial charge in [0, 0.05) is 17.6 Å². The van der Waals surface area contributed by atoms with Gasteiger partial charge in [0.1, 0.15) is 11.6 Å². The Labute approximate surface area is 149 Å². The molecule has 0 aromatic heterocycles. The number of hydrogen-bond acceptors (Lipinski definition) is 5. The zero-order valence-corrected chi connectivity index (χ0v) is 15.2. The first-order valence-electron chi connectivity index (χ1n) is 7.52. The lowest BCUT2D eigenvalue weighted by molar-refractivity contribution is -0.117. The predicted octanol–water partition coefficient (Wildman–Crippen LogP) is 2.67. The van der Waals surface area contributed by atoms with Crippen LogP contribution in [-0.4, -0.2) is 39.4 Å². The van der Waals surface area contributed by atoms with Crippen molar-refractivity contribution in [3.8, 4) is 17.6 Å². The van der Waals surface area contributed by atoms with Crippen LogP contribution >= 0.6 is 15.9 Å². The summed E-state index contributed by atoms with van der Waals surface area (Å²) in [4.78, 5) is 12.2. The quantitative estimate of drug-likeness (QED) is 0.592. The molecule has 0 bridgehead atoms. The molecule has 0 radical (unpaired) electrons. The largest absolute Gasteiger partial charge is 0.493 e. The second kappa shape index (κ2) is 8.71. The van der Waals surface area contributed by atoms with Crippen molar-refractivity contribution in [1.82, 2.24) is 5.32 Å². The second-order valence-electron chi connectivity index (χ2n) is 5.24. The molecule has 7 heteroatoms. The van der Waals surface area contributed by atoms with Crippen molar-refractivity contribution in [3.05, 3.63) is 27.7 Å². The van der Waals surface area contributed by atoms with E-state index in [0.717, 1.165) is 19.4 Å². The lowest BCUT2D eigenvalue weighted by atomic mass is 10.1. The highest BCUT2D eigenvalue weighted by Gasteiger charge is 2.18. The highest BCUT2D eigenvalue weighted by Crippen LogP contribution is 2.34. The molecule has 1 aliphatic heterocycles. The van der Waals surface area contributed by atoms with Crippen molar-refractivity contribution >= 4 is 27.9 Å². The Balaban J connectivity index is 2.16. The van der Waals surface area contributed by atoms with Gasteiger partial charge < -0.3 is 19.5 Å². The van der Waals surface area contributed by atoms with Gasteiger partial charge in [-0.15, -0.1) is 0 Å². The molecule has 1 aromatic rings. The normalized spacial score (nSPS) is 17.2. The molecule has 1 heterocycles. The lowest BCUT2D eigenvalue weighted by Crippen LogP contribution is -2.32. The van der Waals surface area contributed by atoms with Gasteiger partial charge in [-0.25, -0.2) is 0 Å². The minimum Gasteiger partial charge on any atom is -0.493 e. The van der Waals surface area contributed by atoms with Crippen LogP contribution in [-0.2, 0) is 9.53 Å². The van der Waals surface area contributed by atoms with E-state index in [4.69, 9.17) is 14.2 Å². The molecule has 1 saturated heterocycles. The molecule has 0 saturated carbocycles. The van der Waals surface area contributed by atoms with E-state index in [-0.39, 0.29) is 11.7 Å². The number of ether oxygens (including phenoxy) is 3. The Hall–Kier alpha value is -2.04. The molecular formula is C17H19BrN2O4. The third kappa shape index (κ3) is 4.49. The van der Waals surface area contributed by atoms with Crippen LogP contribution in [0.3, 0.4) is 0 Å². The van der Waals surface area contributed by atoms with Crippen LogP contribution in [0.15, 0.2) is 22.2 Å². The number of nitrogens with zero attached hydrogens (tertiary/aromatic N) is 1. The summed E-state index contributed by atoms with van der Waals surface area (Å²) in [6.07, 6.45) is 3.46. The van der Waals surface area contributed by atoms with Crippen molar-refractivity contribution < 1.29 is 19.0 Å². The summed E-state index contributed by atoms with van der Waals surface area (Å²) < 4.78 is 16.6. The van der Waals surface area contributed by atoms with E-state index in [0.29, 0.717) is 28.1 Å². The number of rotatable bonds is 6. The molecule has 6 nitrogen and oxygen atoms in total. The summed E-state index contributed by atoms with van der Waals surface area (Å²) in [5.74, 6) is 0.654. The SMILES string of the molecule is COc1cc(Br)c(/C=C(/C#N)C(=O)NC[C@H]2CCCO2)cc1OC. The van der Waals surface area contributed by atoms with Crippen molar-refractivity contribution in [3.63, 3.8) is 0 Å². The van der Waals surface area contributed by atoms with Crippen LogP contribution in [0.5, 0.6) is 11.5 Å². The van der Waals surface area contributed by atoms with E-state index < -0.39 is 5.91 Å². The van der Waals surface area contributed by atoms with Crippen LogP contribution in [0.2, 0.25) is 0 Å². The van der Waals surface area contributed by atoms with Gasteiger partial charge >= 0.3 is 0 Å². The molecule has 1 amide bonds. The van der Waals surface area contributed by atoms with Crippen LogP contribution in [0.4, 0.5) is 0 Å². The summed E-state index contributed by atoms with van der Waals surface area (Å²) >= 11 is 3.41. The fourth-order valence-corrected chi connectivity index (χ4v) is 2.83. The topological polar surface area (TPSA) is 80.6 Å². The van der Waals surface area contributed by atoms with Crippen LogP contribution in [0, 0.1) is 11.3 Å². The van der Waals surface area contributed by atoms with Crippen LogP contribution in [0.1, 0.15) is 18.4 Å². The smallest absolute Gasteiger partial charge is 0.262 e. The summed E-state index contributed by atoms with van der Waals surface area (Å²) in [6, 6.07) is 5.36. The van der Waals surface area contributed by atoms with Gasteiger partial charge in [0.15, 0.2) is 11.5 Å². The fraction of sp³-hybridized carbons (Fsp3) is 0.412. The summed E-state index contributed by atoms with van der Waals surface area (Å²) in [6.45, 7) is 1.13. The summed E-state index contributed by atoms with van der Waals surface area (Å²) in [5.41, 5.74) is 0.664. The zero-order valence-electron chi connectivity index (χ0n) is 13.6. The summed E-state index contributed by atoms with van der Waals surface area (Å²) in [5, 5.41) is 12.0. The molecule has 128 valence electrons. The second-order valence-corrected chi connectivity index (χ2v) is 6.10. The van der Waals surface area contributed by atoms with Crippen molar-refractivity contribution in [2.75, 3.05) is 27.4 Å². The minimum absolute atomic E-state index is 0.0147. The predicted molar refractivity (Wildman–Crippen MR) is 92.8 cm³/mol. The fourth-order valence-electron chi connectivity index (χ4n) is 2.39. The van der Waals surface area contributed by atoms with Gasteiger partial charge in [-0.2, -0.15) is 5.26 Å². The van der Waals surface area contributed by atoms with E-state index in [1.165, 1.54) is 13.2 Å². The maximum Gasteiger partial charge on any atom is 0.262 e. The highest BCUT2D eigenvalue weighted by molar-refractivity contribution is 9.10. The van der Waals surface area contributed by atoms with Gasteiger partial charge in [-0.1, -0.05) is 15.9 Å². The minimum atomic E-state index is -0.422. The Morgan fingerprint density at radius 3 is 2.75 bits per heavy atom. The Bertz CT molecular complexity index is 676. The number of hydrogen-bond donors (Lipinski definition) is 1. The van der Waals surface area contributed by atoms with Gasteiger partial charge in [0.05, 0.1) is 20.3 Å². The van der Waals surface area contributed by atoms with Gasteiger partial charge in [-0.3, -0.25) is 4.79 Å². The van der Waals surface area contributed by atoms with Gasteiger partial charge in [0.2, 0.25) is 0 Å². The van der Waals surface area contributed by atoms with E-state index in [1.807, 2.05) is 6.07 Å². The Morgan fingerprint density at radius 1 is 1.46 bits per heavy atom. The van der Waals surface area contributed by atoms with Crippen LogP contribution < -0.4 is 14.8 Å². The van der Waals surface area contributed by atoms with Crippen molar-refractivity contribution in [2.24, 2.45) is 0 Å². The molecule has 1 atom stereocenters. The number of nitriles is 1. The molecule has 0 aliphatic carbocycles. The van der Waals surface area contributed by atoms with E-state index in [1.54, 1.807) is 19.2 Å². The van der Waals surface area contributed by atoms with Crippen LogP contribution in [0.25, 0.3) is 6.08 Å². The number of carbonyl (C=O) groups excluding carboxylic acids is 1. The first-order valence-corrected chi connectivity index (χ1v) is 8.31. The number of methoxy groups -OCH3 is 2. The molecule has 1 aromatic carbocycles. The summed E-state index contributed by atoms with van der Waals surface area (Å²) in [7, 11) is 3.07. The third-order valence-corrected chi connectivity index (χ3v) is 4.37. The molecular weight excluding hydrogens is 376 g/mol. The first-order chi connectivity index (χ1) is 11.6. The molecule has 0 spiro atoms. The third-order valence-electron chi connectivity index (χ3n) is 3.68. The maximum atomic E-state index is 12.2. The Kier molecular flexibility index (Phi) is 6.64. The average molecular weight is 395 g/mol. The molecule has 1 fully saturated rings. The van der Waals surface area contributed by atoms with E-state index >= 15 is 0 Å².